The topological polar surface area (TPSA) is 41.1 Å². The summed E-state index contributed by atoms with van der Waals surface area (Å²) >= 11 is 5.76. The molecule has 0 radical (unpaired) electrons. The minimum absolute atomic E-state index is 0.191. The number of rotatable bonds is 4. The Balaban J connectivity index is 2.34. The monoisotopic (exact) mass is 252 g/mol. The first-order valence-electron chi connectivity index (χ1n) is 5.54. The van der Waals surface area contributed by atoms with Gasteiger partial charge >= 0.3 is 6.03 Å². The van der Waals surface area contributed by atoms with Gasteiger partial charge in [0.15, 0.2) is 0 Å². The zero-order valence-corrected chi connectivity index (χ0v) is 10.8. The fourth-order valence-electron chi connectivity index (χ4n) is 1.14. The van der Waals surface area contributed by atoms with Crippen molar-refractivity contribution < 1.29 is 4.79 Å². The number of amides is 2. The van der Waals surface area contributed by atoms with Gasteiger partial charge in [-0.2, -0.15) is 0 Å². The third-order valence-corrected chi connectivity index (χ3v) is 2.28. The molecular formula is C13H17ClN2O. The molecule has 0 aliphatic heterocycles. The van der Waals surface area contributed by atoms with Gasteiger partial charge in [-0.15, -0.1) is 0 Å². The summed E-state index contributed by atoms with van der Waals surface area (Å²) in [7, 11) is 0. The van der Waals surface area contributed by atoms with Gasteiger partial charge < -0.3 is 10.6 Å². The van der Waals surface area contributed by atoms with Crippen LogP contribution in [0.25, 0.3) is 6.08 Å². The molecule has 0 spiro atoms. The van der Waals surface area contributed by atoms with Crippen LogP contribution in [0.5, 0.6) is 0 Å². The number of hydrogen-bond donors (Lipinski definition) is 2. The van der Waals surface area contributed by atoms with Gasteiger partial charge in [0.2, 0.25) is 0 Å². The van der Waals surface area contributed by atoms with Crippen molar-refractivity contribution in [3.8, 4) is 0 Å². The average Bonchev–Trinajstić information content (AvgIpc) is 2.29. The first-order valence-corrected chi connectivity index (χ1v) is 5.92. The molecule has 0 heterocycles. The van der Waals surface area contributed by atoms with Gasteiger partial charge in [0.1, 0.15) is 0 Å². The SMILES string of the molecule is CC(C)CNC(=O)N/C=C/c1ccc(Cl)cc1. The van der Waals surface area contributed by atoms with E-state index in [1.807, 2.05) is 32.1 Å². The summed E-state index contributed by atoms with van der Waals surface area (Å²) in [6, 6.07) is 7.18. The van der Waals surface area contributed by atoms with E-state index in [4.69, 9.17) is 11.6 Å². The number of benzene rings is 1. The van der Waals surface area contributed by atoms with Crippen molar-refractivity contribution in [1.29, 1.82) is 0 Å². The molecule has 0 aromatic heterocycles. The zero-order valence-electron chi connectivity index (χ0n) is 10.0. The van der Waals surface area contributed by atoms with E-state index in [0.29, 0.717) is 17.5 Å². The number of hydrogen-bond acceptors (Lipinski definition) is 1. The Bertz CT molecular complexity index is 385. The van der Waals surface area contributed by atoms with Crippen LogP contribution >= 0.6 is 11.6 Å². The van der Waals surface area contributed by atoms with Crippen molar-refractivity contribution in [3.05, 3.63) is 41.1 Å². The van der Waals surface area contributed by atoms with E-state index in [2.05, 4.69) is 10.6 Å². The third-order valence-electron chi connectivity index (χ3n) is 2.03. The summed E-state index contributed by atoms with van der Waals surface area (Å²) in [6.45, 7) is 4.76. The van der Waals surface area contributed by atoms with E-state index in [0.717, 1.165) is 5.56 Å². The van der Waals surface area contributed by atoms with Crippen LogP contribution in [-0.2, 0) is 0 Å². The van der Waals surface area contributed by atoms with E-state index < -0.39 is 0 Å². The van der Waals surface area contributed by atoms with Gasteiger partial charge in [-0.25, -0.2) is 4.79 Å². The van der Waals surface area contributed by atoms with Crippen LogP contribution < -0.4 is 10.6 Å². The van der Waals surface area contributed by atoms with Gasteiger partial charge in [-0.3, -0.25) is 0 Å². The summed E-state index contributed by atoms with van der Waals surface area (Å²) in [5, 5.41) is 6.09. The fourth-order valence-corrected chi connectivity index (χ4v) is 1.26. The highest BCUT2D eigenvalue weighted by molar-refractivity contribution is 6.30. The van der Waals surface area contributed by atoms with Crippen molar-refractivity contribution in [2.75, 3.05) is 6.54 Å². The summed E-state index contributed by atoms with van der Waals surface area (Å²) < 4.78 is 0. The van der Waals surface area contributed by atoms with Gasteiger partial charge in [0, 0.05) is 17.8 Å². The maximum absolute atomic E-state index is 11.3. The Morgan fingerprint density at radius 1 is 1.35 bits per heavy atom. The maximum Gasteiger partial charge on any atom is 0.318 e. The van der Waals surface area contributed by atoms with Crippen LogP contribution in [-0.4, -0.2) is 12.6 Å². The Morgan fingerprint density at radius 3 is 2.59 bits per heavy atom. The molecule has 0 aliphatic carbocycles. The predicted molar refractivity (Wildman–Crippen MR) is 71.9 cm³/mol. The van der Waals surface area contributed by atoms with Crippen LogP contribution in [0.15, 0.2) is 30.5 Å². The summed E-state index contributed by atoms with van der Waals surface area (Å²) in [4.78, 5) is 11.3. The molecule has 4 heteroatoms. The summed E-state index contributed by atoms with van der Waals surface area (Å²) in [5.74, 6) is 0.445. The lowest BCUT2D eigenvalue weighted by molar-refractivity contribution is 0.243. The number of urea groups is 1. The minimum Gasteiger partial charge on any atom is -0.338 e. The molecule has 92 valence electrons. The van der Waals surface area contributed by atoms with Crippen LogP contribution in [0, 0.1) is 5.92 Å². The van der Waals surface area contributed by atoms with Crippen molar-refractivity contribution in [2.24, 2.45) is 5.92 Å². The molecule has 0 saturated carbocycles. The normalized spacial score (nSPS) is 10.8. The molecule has 0 bridgehead atoms. The van der Waals surface area contributed by atoms with E-state index in [-0.39, 0.29) is 6.03 Å². The van der Waals surface area contributed by atoms with Crippen molar-refractivity contribution in [2.45, 2.75) is 13.8 Å². The van der Waals surface area contributed by atoms with Gasteiger partial charge in [0.05, 0.1) is 0 Å². The molecule has 2 amide bonds. The van der Waals surface area contributed by atoms with E-state index in [1.165, 1.54) is 0 Å². The second kappa shape index (κ2) is 6.97. The number of carbonyl (C=O) groups excluding carboxylic acids is 1. The van der Waals surface area contributed by atoms with Crippen LogP contribution in [0.2, 0.25) is 5.02 Å². The molecule has 3 nitrogen and oxygen atoms in total. The van der Waals surface area contributed by atoms with Crippen molar-refractivity contribution in [1.82, 2.24) is 10.6 Å². The summed E-state index contributed by atoms with van der Waals surface area (Å²) in [5.41, 5.74) is 0.985. The molecular weight excluding hydrogens is 236 g/mol. The second-order valence-electron chi connectivity index (χ2n) is 4.13. The van der Waals surface area contributed by atoms with Crippen LogP contribution in [0.4, 0.5) is 4.79 Å². The Hall–Kier alpha value is -1.48. The van der Waals surface area contributed by atoms with Crippen LogP contribution in [0.3, 0.4) is 0 Å². The highest BCUT2D eigenvalue weighted by Crippen LogP contribution is 2.10. The van der Waals surface area contributed by atoms with Gasteiger partial charge in [0.25, 0.3) is 0 Å². The lowest BCUT2D eigenvalue weighted by Crippen LogP contribution is -2.34. The molecule has 0 saturated heterocycles. The molecule has 1 aromatic carbocycles. The van der Waals surface area contributed by atoms with E-state index >= 15 is 0 Å². The Morgan fingerprint density at radius 2 is 2.00 bits per heavy atom. The highest BCUT2D eigenvalue weighted by atomic mass is 35.5. The molecule has 17 heavy (non-hydrogen) atoms. The number of halogens is 1. The lowest BCUT2D eigenvalue weighted by atomic mass is 10.2. The minimum atomic E-state index is -0.191. The number of carbonyl (C=O) groups is 1. The molecule has 1 rings (SSSR count). The molecule has 0 aliphatic rings. The van der Waals surface area contributed by atoms with E-state index in [9.17, 15) is 4.79 Å². The number of nitrogens with one attached hydrogen (secondary N) is 2. The highest BCUT2D eigenvalue weighted by Gasteiger charge is 1.97. The van der Waals surface area contributed by atoms with Gasteiger partial charge in [-0.05, 0) is 29.7 Å². The molecule has 1 aromatic rings. The Kier molecular flexibility index (Phi) is 5.57. The van der Waals surface area contributed by atoms with Gasteiger partial charge in [-0.1, -0.05) is 37.6 Å². The maximum atomic E-state index is 11.3. The lowest BCUT2D eigenvalue weighted by Gasteiger charge is -2.06. The summed E-state index contributed by atoms with van der Waals surface area (Å²) in [6.07, 6.45) is 3.42. The predicted octanol–water partition coefficient (Wildman–Crippen LogP) is 3.27. The standard InChI is InChI=1S/C13H17ClN2O/c1-10(2)9-16-13(17)15-8-7-11-3-5-12(14)6-4-11/h3-8,10H,9H2,1-2H3,(H2,15,16,17)/b8-7+. The third kappa shape index (κ3) is 5.97. The molecule has 0 fully saturated rings. The van der Waals surface area contributed by atoms with Crippen molar-refractivity contribution in [3.63, 3.8) is 0 Å². The molecule has 0 atom stereocenters. The largest absolute Gasteiger partial charge is 0.338 e. The van der Waals surface area contributed by atoms with Crippen molar-refractivity contribution >= 4 is 23.7 Å². The quantitative estimate of drug-likeness (QED) is 0.849. The van der Waals surface area contributed by atoms with E-state index in [1.54, 1.807) is 18.3 Å². The zero-order chi connectivity index (χ0) is 12.7. The van der Waals surface area contributed by atoms with Crippen LogP contribution in [0.1, 0.15) is 19.4 Å². The smallest absolute Gasteiger partial charge is 0.318 e. The average molecular weight is 253 g/mol. The second-order valence-corrected chi connectivity index (χ2v) is 4.57. The first-order chi connectivity index (χ1) is 8.08. The first kappa shape index (κ1) is 13.6. The molecule has 0 unspecified atom stereocenters. The fraction of sp³-hybridized carbons (Fsp3) is 0.308. The molecule has 2 N–H and O–H groups in total. The Labute approximate surface area is 107 Å².